The maximum atomic E-state index is 11.0. The number of carbonyl (C=O) groups excluding carboxylic acids is 1. The molecule has 0 radical (unpaired) electrons. The third kappa shape index (κ3) is 2.01. The molecule has 20 heavy (non-hydrogen) atoms. The van der Waals surface area contributed by atoms with E-state index in [4.69, 9.17) is 0 Å². The molecule has 0 aliphatic heterocycles. The molecule has 0 bridgehead atoms. The largest absolute Gasteiger partial charge is 0.306 e. The number of aldehydes is 1. The topological polar surface area (TPSA) is 34.4 Å². The molecule has 3 aromatic rings. The number of fused-ring (bicyclic) bond motifs is 1. The Morgan fingerprint density at radius 1 is 1.05 bits per heavy atom. The molecule has 0 amide bonds. The maximum Gasteiger partial charge on any atom is 0.151 e. The van der Waals surface area contributed by atoms with Crippen molar-refractivity contribution in [1.29, 1.82) is 0 Å². The molecule has 1 aromatic carbocycles. The lowest BCUT2D eigenvalue weighted by Gasteiger charge is -2.03. The second-order valence-electron chi connectivity index (χ2n) is 5.24. The number of benzene rings is 1. The normalized spacial score (nSPS) is 10.9. The van der Waals surface area contributed by atoms with Crippen molar-refractivity contribution in [1.82, 2.24) is 9.38 Å². The predicted molar refractivity (Wildman–Crippen MR) is 80.2 cm³/mol. The minimum Gasteiger partial charge on any atom is -0.306 e. The lowest BCUT2D eigenvalue weighted by molar-refractivity contribution is 0.112. The monoisotopic (exact) mass is 264 g/mol. The van der Waals surface area contributed by atoms with Gasteiger partial charge in [0.1, 0.15) is 5.65 Å². The van der Waals surface area contributed by atoms with Gasteiger partial charge in [-0.1, -0.05) is 17.7 Å². The number of imidazole rings is 1. The summed E-state index contributed by atoms with van der Waals surface area (Å²) in [6, 6.07) is 8.29. The van der Waals surface area contributed by atoms with Gasteiger partial charge in [-0.15, -0.1) is 0 Å². The van der Waals surface area contributed by atoms with Gasteiger partial charge in [0.25, 0.3) is 0 Å². The molecule has 0 aliphatic carbocycles. The Labute approximate surface area is 117 Å². The van der Waals surface area contributed by atoms with Crippen LogP contribution in [-0.4, -0.2) is 15.7 Å². The van der Waals surface area contributed by atoms with Crippen LogP contribution in [0.4, 0.5) is 0 Å². The maximum absolute atomic E-state index is 11.0. The number of pyridine rings is 1. The highest BCUT2D eigenvalue weighted by atomic mass is 16.1. The van der Waals surface area contributed by atoms with Crippen LogP contribution in [0.25, 0.3) is 16.9 Å². The number of rotatable bonds is 2. The van der Waals surface area contributed by atoms with E-state index in [1.807, 2.05) is 29.8 Å². The second-order valence-corrected chi connectivity index (χ2v) is 5.24. The number of aromatic nitrogens is 2. The molecule has 0 fully saturated rings. The highest BCUT2D eigenvalue weighted by Gasteiger charge is 2.09. The summed E-state index contributed by atoms with van der Waals surface area (Å²) in [6.45, 7) is 6.09. The molecule has 3 heteroatoms. The first-order valence-corrected chi connectivity index (χ1v) is 6.60. The number of aryl methyl sites for hydroxylation is 3. The molecular weight excluding hydrogens is 248 g/mol. The van der Waals surface area contributed by atoms with Gasteiger partial charge in [0.15, 0.2) is 6.29 Å². The molecule has 0 atom stereocenters. The van der Waals surface area contributed by atoms with Crippen molar-refractivity contribution in [2.75, 3.05) is 0 Å². The van der Waals surface area contributed by atoms with Crippen molar-refractivity contribution in [3.8, 4) is 11.3 Å². The van der Waals surface area contributed by atoms with Crippen LogP contribution in [0, 0.1) is 20.8 Å². The molecule has 100 valence electrons. The van der Waals surface area contributed by atoms with E-state index in [0.29, 0.717) is 5.56 Å². The average Bonchev–Trinajstić information content (AvgIpc) is 2.83. The molecule has 0 saturated carbocycles. The summed E-state index contributed by atoms with van der Waals surface area (Å²) < 4.78 is 1.91. The van der Waals surface area contributed by atoms with E-state index in [0.717, 1.165) is 28.8 Å². The summed E-state index contributed by atoms with van der Waals surface area (Å²) >= 11 is 0. The highest BCUT2D eigenvalue weighted by molar-refractivity contribution is 5.78. The van der Waals surface area contributed by atoms with E-state index in [2.05, 4.69) is 37.0 Å². The first-order chi connectivity index (χ1) is 9.58. The van der Waals surface area contributed by atoms with Gasteiger partial charge in [-0.2, -0.15) is 0 Å². The van der Waals surface area contributed by atoms with Gasteiger partial charge in [0.2, 0.25) is 0 Å². The second kappa shape index (κ2) is 4.60. The number of carbonyl (C=O) groups is 1. The number of hydrogen-bond donors (Lipinski definition) is 0. The Morgan fingerprint density at radius 3 is 2.60 bits per heavy atom. The van der Waals surface area contributed by atoms with Crippen LogP contribution in [0.3, 0.4) is 0 Å². The fraction of sp³-hybridized carbons (Fsp3) is 0.176. The minimum atomic E-state index is 0.697. The quantitative estimate of drug-likeness (QED) is 0.661. The van der Waals surface area contributed by atoms with Gasteiger partial charge in [-0.25, -0.2) is 4.98 Å². The van der Waals surface area contributed by atoms with E-state index in [1.165, 1.54) is 11.1 Å². The first-order valence-electron chi connectivity index (χ1n) is 6.60. The van der Waals surface area contributed by atoms with Gasteiger partial charge < -0.3 is 4.40 Å². The van der Waals surface area contributed by atoms with Crippen molar-refractivity contribution < 1.29 is 4.79 Å². The van der Waals surface area contributed by atoms with Crippen LogP contribution in [0.15, 0.2) is 36.7 Å². The predicted octanol–water partition coefficient (Wildman–Crippen LogP) is 3.74. The van der Waals surface area contributed by atoms with Crippen LogP contribution in [0.1, 0.15) is 27.0 Å². The molecule has 2 aromatic heterocycles. The first kappa shape index (κ1) is 12.6. The summed E-state index contributed by atoms with van der Waals surface area (Å²) in [4.78, 5) is 15.7. The lowest BCUT2D eigenvalue weighted by Crippen LogP contribution is -1.91. The highest BCUT2D eigenvalue weighted by Crippen LogP contribution is 2.24. The number of nitrogens with zero attached hydrogens (tertiary/aromatic N) is 2. The molecule has 0 aliphatic rings. The third-order valence-electron chi connectivity index (χ3n) is 3.64. The summed E-state index contributed by atoms with van der Waals surface area (Å²) in [5, 5.41) is 0. The molecule has 2 heterocycles. The molecule has 0 spiro atoms. The van der Waals surface area contributed by atoms with Gasteiger partial charge in [-0.3, -0.25) is 4.79 Å². The van der Waals surface area contributed by atoms with Crippen molar-refractivity contribution in [3.63, 3.8) is 0 Å². The third-order valence-corrected chi connectivity index (χ3v) is 3.64. The molecule has 3 rings (SSSR count). The standard InChI is InChI=1S/C17H16N2O/c1-11-4-5-12(2)15(6-11)16-9-19-8-14(10-20)13(3)7-17(19)18-16/h4-10H,1-3H3. The molecule has 3 nitrogen and oxygen atoms in total. The van der Waals surface area contributed by atoms with Crippen LogP contribution in [-0.2, 0) is 0 Å². The lowest BCUT2D eigenvalue weighted by atomic mass is 10.0. The van der Waals surface area contributed by atoms with Crippen LogP contribution in [0.2, 0.25) is 0 Å². The molecule has 0 unspecified atom stereocenters. The Bertz CT molecular complexity index is 815. The summed E-state index contributed by atoms with van der Waals surface area (Å²) in [5.74, 6) is 0. The van der Waals surface area contributed by atoms with Crippen LogP contribution >= 0.6 is 0 Å². The van der Waals surface area contributed by atoms with Gasteiger partial charge in [0.05, 0.1) is 5.69 Å². The molecule has 0 saturated heterocycles. The summed E-state index contributed by atoms with van der Waals surface area (Å²) in [6.07, 6.45) is 4.69. The average molecular weight is 264 g/mol. The molecule has 0 N–H and O–H groups in total. The van der Waals surface area contributed by atoms with E-state index < -0.39 is 0 Å². The molecular formula is C17H16N2O. The Kier molecular flexibility index (Phi) is 2.90. The fourth-order valence-corrected chi connectivity index (χ4v) is 2.41. The van der Waals surface area contributed by atoms with Crippen molar-refractivity contribution in [2.24, 2.45) is 0 Å². The van der Waals surface area contributed by atoms with E-state index in [1.54, 1.807) is 0 Å². The van der Waals surface area contributed by atoms with Crippen LogP contribution < -0.4 is 0 Å². The van der Waals surface area contributed by atoms with E-state index >= 15 is 0 Å². The van der Waals surface area contributed by atoms with E-state index in [9.17, 15) is 4.79 Å². The smallest absolute Gasteiger partial charge is 0.151 e. The minimum absolute atomic E-state index is 0.697. The van der Waals surface area contributed by atoms with Crippen LogP contribution in [0.5, 0.6) is 0 Å². The zero-order chi connectivity index (χ0) is 14.3. The van der Waals surface area contributed by atoms with Gasteiger partial charge in [-0.05, 0) is 44.0 Å². The number of hydrogen-bond acceptors (Lipinski definition) is 2. The van der Waals surface area contributed by atoms with Crippen molar-refractivity contribution in [3.05, 3.63) is 58.9 Å². The zero-order valence-electron chi connectivity index (χ0n) is 11.8. The van der Waals surface area contributed by atoms with Gasteiger partial charge in [0, 0.05) is 23.5 Å². The Balaban J connectivity index is 2.22. The summed E-state index contributed by atoms with van der Waals surface area (Å²) in [5.41, 5.74) is 7.00. The zero-order valence-corrected chi connectivity index (χ0v) is 11.8. The Morgan fingerprint density at radius 2 is 1.85 bits per heavy atom. The Hall–Kier alpha value is -2.42. The fourth-order valence-electron chi connectivity index (χ4n) is 2.41. The summed E-state index contributed by atoms with van der Waals surface area (Å²) in [7, 11) is 0. The van der Waals surface area contributed by atoms with E-state index in [-0.39, 0.29) is 0 Å². The van der Waals surface area contributed by atoms with Crippen molar-refractivity contribution >= 4 is 11.9 Å². The van der Waals surface area contributed by atoms with Crippen molar-refractivity contribution in [2.45, 2.75) is 20.8 Å². The van der Waals surface area contributed by atoms with Gasteiger partial charge >= 0.3 is 0 Å². The SMILES string of the molecule is Cc1ccc(C)c(-c2cn3cc(C=O)c(C)cc3n2)c1.